The minimum absolute atomic E-state index is 0.0907. The highest BCUT2D eigenvalue weighted by atomic mass is 16.4. The Kier molecular flexibility index (Phi) is 3.25. The Bertz CT molecular complexity index is 208. The van der Waals surface area contributed by atoms with Gasteiger partial charge in [0, 0.05) is 6.04 Å². The Balaban J connectivity index is 2.30. The lowest BCUT2D eigenvalue weighted by atomic mass is 9.93. The van der Waals surface area contributed by atoms with E-state index in [-0.39, 0.29) is 12.1 Å². The normalized spacial score (nSPS) is 28.1. The molecule has 1 saturated carbocycles. The van der Waals surface area contributed by atoms with Crippen molar-refractivity contribution in [3.63, 3.8) is 0 Å². The fraction of sp³-hybridized carbons (Fsp3) is 0.750. The Morgan fingerprint density at radius 2 is 1.69 bits per heavy atom. The molecule has 0 saturated heterocycles. The molecule has 5 heteroatoms. The maximum Gasteiger partial charge on any atom is 0.394 e. The van der Waals surface area contributed by atoms with Gasteiger partial charge in [0.15, 0.2) is 0 Å². The Labute approximate surface area is 75.7 Å². The fourth-order valence-corrected chi connectivity index (χ4v) is 1.47. The first-order valence-electron chi connectivity index (χ1n) is 4.31. The molecule has 0 aromatic carbocycles. The zero-order valence-electron chi connectivity index (χ0n) is 7.19. The van der Waals surface area contributed by atoms with Crippen molar-refractivity contribution in [2.24, 2.45) is 0 Å². The van der Waals surface area contributed by atoms with Crippen LogP contribution in [0, 0.1) is 0 Å². The summed E-state index contributed by atoms with van der Waals surface area (Å²) in [6, 6.07) is -0.0907. The molecule has 0 spiro atoms. The van der Waals surface area contributed by atoms with Gasteiger partial charge in [0.2, 0.25) is 0 Å². The van der Waals surface area contributed by atoms with Gasteiger partial charge in [-0.2, -0.15) is 0 Å². The van der Waals surface area contributed by atoms with Crippen LogP contribution in [0.5, 0.6) is 0 Å². The summed E-state index contributed by atoms with van der Waals surface area (Å²) in [6.07, 6.45) is 2.27. The van der Waals surface area contributed by atoms with Crippen molar-refractivity contribution in [1.82, 2.24) is 5.32 Å². The average Bonchev–Trinajstić information content (AvgIpc) is 2.08. The van der Waals surface area contributed by atoms with E-state index in [9.17, 15) is 9.59 Å². The molecule has 0 atom stereocenters. The largest absolute Gasteiger partial charge is 0.474 e. The van der Waals surface area contributed by atoms with E-state index in [1.165, 1.54) is 0 Å². The minimum Gasteiger partial charge on any atom is -0.474 e. The molecular weight excluding hydrogens is 174 g/mol. The number of carboxylic acids is 1. The van der Waals surface area contributed by atoms with Crippen LogP contribution in [-0.4, -0.2) is 34.2 Å². The monoisotopic (exact) mass is 187 g/mol. The molecule has 5 nitrogen and oxygen atoms in total. The summed E-state index contributed by atoms with van der Waals surface area (Å²) in [6.45, 7) is 0. The van der Waals surface area contributed by atoms with Gasteiger partial charge < -0.3 is 15.5 Å². The van der Waals surface area contributed by atoms with E-state index in [0.717, 1.165) is 0 Å². The molecule has 13 heavy (non-hydrogen) atoms. The van der Waals surface area contributed by atoms with Crippen LogP contribution in [0.3, 0.4) is 0 Å². The van der Waals surface area contributed by atoms with Crippen LogP contribution >= 0.6 is 0 Å². The summed E-state index contributed by atoms with van der Waals surface area (Å²) in [5.74, 6) is -2.41. The smallest absolute Gasteiger partial charge is 0.394 e. The number of aliphatic carboxylic acids is 1. The fourth-order valence-electron chi connectivity index (χ4n) is 1.47. The number of aliphatic hydroxyl groups is 1. The lowest BCUT2D eigenvalue weighted by molar-refractivity contribution is -0.150. The first-order valence-corrected chi connectivity index (χ1v) is 4.31. The van der Waals surface area contributed by atoms with Crippen LogP contribution < -0.4 is 5.32 Å². The number of rotatable bonds is 1. The summed E-state index contributed by atoms with van der Waals surface area (Å²) in [5.41, 5.74) is 0. The lowest BCUT2D eigenvalue weighted by Crippen LogP contribution is -2.41. The number of carboxylic acid groups (broad SMARTS) is 1. The molecule has 0 aliphatic heterocycles. The van der Waals surface area contributed by atoms with Crippen molar-refractivity contribution < 1.29 is 19.8 Å². The number of hydrogen-bond donors (Lipinski definition) is 3. The third-order valence-corrected chi connectivity index (χ3v) is 2.23. The highest BCUT2D eigenvalue weighted by Gasteiger charge is 2.22. The number of hydrogen-bond acceptors (Lipinski definition) is 3. The third-order valence-electron chi connectivity index (χ3n) is 2.23. The maximum atomic E-state index is 10.7. The highest BCUT2D eigenvalue weighted by Crippen LogP contribution is 2.17. The van der Waals surface area contributed by atoms with E-state index >= 15 is 0 Å². The van der Waals surface area contributed by atoms with Gasteiger partial charge in [0.05, 0.1) is 6.10 Å². The summed E-state index contributed by atoms with van der Waals surface area (Å²) in [7, 11) is 0. The lowest BCUT2D eigenvalue weighted by Gasteiger charge is -2.25. The number of nitrogens with one attached hydrogen (secondary N) is 1. The van der Waals surface area contributed by atoms with Gasteiger partial charge in [0.1, 0.15) is 0 Å². The average molecular weight is 187 g/mol. The van der Waals surface area contributed by atoms with Crippen LogP contribution in [0.25, 0.3) is 0 Å². The third kappa shape index (κ3) is 3.02. The van der Waals surface area contributed by atoms with Crippen LogP contribution in [0.2, 0.25) is 0 Å². The van der Waals surface area contributed by atoms with Crippen molar-refractivity contribution in [1.29, 1.82) is 0 Å². The molecule has 1 aliphatic rings. The van der Waals surface area contributed by atoms with E-state index in [4.69, 9.17) is 10.2 Å². The van der Waals surface area contributed by atoms with Crippen LogP contribution in [0.4, 0.5) is 0 Å². The van der Waals surface area contributed by atoms with Gasteiger partial charge in [-0.3, -0.25) is 4.79 Å². The van der Waals surface area contributed by atoms with Gasteiger partial charge in [0.25, 0.3) is 0 Å². The molecule has 3 N–H and O–H groups in total. The van der Waals surface area contributed by atoms with Crippen LogP contribution in [0.15, 0.2) is 0 Å². The maximum absolute atomic E-state index is 10.7. The standard InChI is InChI=1S/C8H13NO4/c10-6-3-1-5(2-4-6)9-7(11)8(12)13/h5-6,10H,1-4H2,(H,9,11)(H,12,13). The summed E-state index contributed by atoms with van der Waals surface area (Å²) in [5, 5.41) is 19.8. The molecule has 0 heterocycles. The molecule has 1 rings (SSSR count). The Morgan fingerprint density at radius 1 is 1.15 bits per heavy atom. The number of amides is 1. The second-order valence-corrected chi connectivity index (χ2v) is 3.28. The van der Waals surface area contributed by atoms with E-state index in [1.54, 1.807) is 0 Å². The van der Waals surface area contributed by atoms with E-state index in [2.05, 4.69) is 5.32 Å². The number of aliphatic hydroxyl groups excluding tert-OH is 1. The molecule has 0 bridgehead atoms. The molecule has 1 fully saturated rings. The number of carbonyl (C=O) groups excluding carboxylic acids is 1. The van der Waals surface area contributed by atoms with Crippen LogP contribution in [0.1, 0.15) is 25.7 Å². The molecule has 0 aromatic rings. The second-order valence-electron chi connectivity index (χ2n) is 3.28. The van der Waals surface area contributed by atoms with Crippen molar-refractivity contribution in [3.05, 3.63) is 0 Å². The van der Waals surface area contributed by atoms with Gasteiger partial charge in [-0.05, 0) is 25.7 Å². The quantitative estimate of drug-likeness (QED) is 0.482. The van der Waals surface area contributed by atoms with Crippen molar-refractivity contribution >= 4 is 11.9 Å². The van der Waals surface area contributed by atoms with Gasteiger partial charge >= 0.3 is 11.9 Å². The molecule has 74 valence electrons. The molecule has 0 unspecified atom stereocenters. The van der Waals surface area contributed by atoms with Crippen molar-refractivity contribution in [2.45, 2.75) is 37.8 Å². The SMILES string of the molecule is O=C(O)C(=O)NC1CCC(O)CC1. The van der Waals surface area contributed by atoms with Gasteiger partial charge in [-0.15, -0.1) is 0 Å². The Morgan fingerprint density at radius 3 is 2.15 bits per heavy atom. The Hall–Kier alpha value is -1.10. The first-order chi connectivity index (χ1) is 6.09. The first kappa shape index (κ1) is 9.98. The summed E-state index contributed by atoms with van der Waals surface area (Å²) < 4.78 is 0. The van der Waals surface area contributed by atoms with Crippen LogP contribution in [-0.2, 0) is 9.59 Å². The van der Waals surface area contributed by atoms with Crippen molar-refractivity contribution in [3.8, 4) is 0 Å². The predicted octanol–water partition coefficient (Wildman–Crippen LogP) is -0.509. The predicted molar refractivity (Wildman–Crippen MR) is 44.0 cm³/mol. The van der Waals surface area contributed by atoms with Gasteiger partial charge in [-0.25, -0.2) is 4.79 Å². The minimum atomic E-state index is -1.45. The zero-order chi connectivity index (χ0) is 9.84. The molecule has 1 aliphatic carbocycles. The molecule has 1 amide bonds. The topological polar surface area (TPSA) is 86.6 Å². The molecule has 0 radical (unpaired) electrons. The van der Waals surface area contributed by atoms with Crippen molar-refractivity contribution in [2.75, 3.05) is 0 Å². The summed E-state index contributed by atoms with van der Waals surface area (Å²) in [4.78, 5) is 20.9. The van der Waals surface area contributed by atoms with E-state index in [1.807, 2.05) is 0 Å². The van der Waals surface area contributed by atoms with Gasteiger partial charge in [-0.1, -0.05) is 0 Å². The summed E-state index contributed by atoms with van der Waals surface area (Å²) >= 11 is 0. The molecule has 0 aromatic heterocycles. The number of carbonyl (C=O) groups is 2. The van der Waals surface area contributed by atoms with E-state index < -0.39 is 11.9 Å². The van der Waals surface area contributed by atoms with E-state index in [0.29, 0.717) is 25.7 Å². The second kappa shape index (κ2) is 4.23. The highest BCUT2D eigenvalue weighted by molar-refractivity contribution is 6.31. The zero-order valence-corrected chi connectivity index (χ0v) is 7.19. The molecular formula is C8H13NO4.